The molecular formula is C23H28FN5O5. The molecule has 3 heterocycles. The van der Waals surface area contributed by atoms with Gasteiger partial charge >= 0.3 is 11.9 Å². The van der Waals surface area contributed by atoms with E-state index in [0.29, 0.717) is 36.1 Å². The van der Waals surface area contributed by atoms with Crippen molar-refractivity contribution in [2.75, 3.05) is 33.4 Å². The number of aliphatic imine (C=N–C) groups is 1. The molecule has 0 radical (unpaired) electrons. The maximum atomic E-state index is 12.3. The number of carbonyl (C=O) groups is 2. The number of nitrogens with one attached hydrogen (secondary N) is 1. The predicted molar refractivity (Wildman–Crippen MR) is 122 cm³/mol. The zero-order valence-corrected chi connectivity index (χ0v) is 19.3. The molecule has 4 rings (SSSR count). The number of rotatable bonds is 5. The number of amidine groups is 1. The number of benzene rings is 1. The summed E-state index contributed by atoms with van der Waals surface area (Å²) in [6.45, 7) is 3.01. The minimum Gasteiger partial charge on any atom is -0.480 e. The summed E-state index contributed by atoms with van der Waals surface area (Å²) < 4.78 is 23.9. The van der Waals surface area contributed by atoms with E-state index >= 15 is 0 Å². The molecule has 2 atom stereocenters. The number of hydrogen-bond donors (Lipinski definition) is 2. The van der Waals surface area contributed by atoms with Crippen LogP contribution in [0.2, 0.25) is 0 Å². The van der Waals surface area contributed by atoms with Crippen LogP contribution < -0.4 is 5.32 Å². The average molecular weight is 474 g/mol. The highest BCUT2D eigenvalue weighted by molar-refractivity contribution is 6.01. The number of esters is 1. The highest BCUT2D eigenvalue weighted by Crippen LogP contribution is 2.21. The number of carbonyl (C=O) groups excluding carboxylic acids is 1. The van der Waals surface area contributed by atoms with Gasteiger partial charge in [-0.25, -0.2) is 14.2 Å². The van der Waals surface area contributed by atoms with E-state index in [1.807, 2.05) is 11.6 Å². The van der Waals surface area contributed by atoms with Crippen LogP contribution in [-0.2, 0) is 26.1 Å². The van der Waals surface area contributed by atoms with Crippen LogP contribution >= 0.6 is 0 Å². The van der Waals surface area contributed by atoms with Crippen molar-refractivity contribution in [2.24, 2.45) is 12.0 Å². The zero-order valence-electron chi connectivity index (χ0n) is 19.3. The number of ether oxygens (including phenoxy) is 2. The molecule has 2 unspecified atom stereocenters. The van der Waals surface area contributed by atoms with Gasteiger partial charge in [-0.2, -0.15) is 0 Å². The van der Waals surface area contributed by atoms with E-state index in [9.17, 15) is 19.1 Å². The van der Waals surface area contributed by atoms with Crippen LogP contribution in [0.15, 0.2) is 59.0 Å². The maximum absolute atomic E-state index is 12.3. The van der Waals surface area contributed by atoms with E-state index < -0.39 is 24.0 Å². The molecule has 1 aromatic heterocycles. The Bertz CT molecular complexity index is 1070. The van der Waals surface area contributed by atoms with Gasteiger partial charge in [-0.15, -0.1) is 0 Å². The molecule has 2 N–H and O–H groups in total. The number of morpholine rings is 1. The number of aliphatic carboxylic acids is 1. The molecule has 2 aliphatic heterocycles. The lowest BCUT2D eigenvalue weighted by Gasteiger charge is -2.35. The molecule has 0 spiro atoms. The molecule has 2 aromatic rings. The predicted octanol–water partition coefficient (Wildman–Crippen LogP) is 1.20. The monoisotopic (exact) mass is 473 g/mol. The van der Waals surface area contributed by atoms with Gasteiger partial charge in [0.2, 0.25) is 0 Å². The van der Waals surface area contributed by atoms with Crippen molar-refractivity contribution in [3.05, 3.63) is 65.6 Å². The van der Waals surface area contributed by atoms with Crippen LogP contribution in [0.4, 0.5) is 4.39 Å². The Morgan fingerprint density at radius 3 is 2.62 bits per heavy atom. The Labute approximate surface area is 196 Å². The zero-order chi connectivity index (χ0) is 24.7. The smallest absolute Gasteiger partial charge is 0.337 e. The molecule has 10 nitrogen and oxygen atoms in total. The first-order valence-corrected chi connectivity index (χ1v) is 10.7. The van der Waals surface area contributed by atoms with Gasteiger partial charge in [0, 0.05) is 38.2 Å². The second-order valence-corrected chi connectivity index (χ2v) is 7.72. The summed E-state index contributed by atoms with van der Waals surface area (Å²) in [5, 5.41) is 12.6. The number of aromatic nitrogens is 2. The average Bonchev–Trinajstić information content (AvgIpc) is 3.25. The van der Waals surface area contributed by atoms with E-state index in [1.54, 1.807) is 42.4 Å². The van der Waals surface area contributed by atoms with Gasteiger partial charge in [0.25, 0.3) is 0 Å². The van der Waals surface area contributed by atoms with Crippen LogP contribution in [0.1, 0.15) is 12.7 Å². The lowest BCUT2D eigenvalue weighted by atomic mass is 10.0. The van der Waals surface area contributed by atoms with E-state index in [1.165, 1.54) is 19.2 Å². The molecule has 2 aliphatic rings. The van der Waals surface area contributed by atoms with Gasteiger partial charge in [-0.1, -0.05) is 18.2 Å². The first-order chi connectivity index (χ1) is 16.3. The van der Waals surface area contributed by atoms with E-state index in [-0.39, 0.29) is 19.0 Å². The van der Waals surface area contributed by atoms with Gasteiger partial charge in [0.15, 0.2) is 11.7 Å². The summed E-state index contributed by atoms with van der Waals surface area (Å²) in [6.07, 6.45) is 3.46. The van der Waals surface area contributed by atoms with Crippen molar-refractivity contribution in [2.45, 2.75) is 19.0 Å². The lowest BCUT2D eigenvalue weighted by Crippen LogP contribution is -2.52. The molecule has 0 amide bonds. The maximum Gasteiger partial charge on any atom is 0.337 e. The first kappa shape index (κ1) is 25.1. The van der Waals surface area contributed by atoms with Gasteiger partial charge in [-0.05, 0) is 19.1 Å². The second kappa shape index (κ2) is 11.5. The molecule has 1 saturated heterocycles. The molecule has 1 fully saturated rings. The standard InChI is InChI=1S/C17H23N5O5.C6H5F/c1-10-13(17(25)26-3)11(8-22-6-7-27-9-12(22)16(23)24)20-14(19-10)15-18-4-5-21(15)2;7-6-4-2-1-3-5-6/h4-5,10,12H,6-9H2,1-3H3,(H,19,20)(H,23,24);1-5H. The van der Waals surface area contributed by atoms with Gasteiger partial charge in [-0.3, -0.25) is 14.7 Å². The van der Waals surface area contributed by atoms with Crippen molar-refractivity contribution >= 4 is 17.8 Å². The van der Waals surface area contributed by atoms with E-state index in [4.69, 9.17) is 9.47 Å². The fourth-order valence-electron chi connectivity index (χ4n) is 3.66. The number of aryl methyl sites for hydroxylation is 1. The Morgan fingerprint density at radius 2 is 2.06 bits per heavy atom. The van der Waals surface area contributed by atoms with E-state index in [2.05, 4.69) is 15.3 Å². The summed E-state index contributed by atoms with van der Waals surface area (Å²) in [6, 6.07) is 6.70. The Kier molecular flexibility index (Phi) is 8.50. The van der Waals surface area contributed by atoms with E-state index in [0.717, 1.165) is 0 Å². The number of halogens is 1. The van der Waals surface area contributed by atoms with Crippen molar-refractivity contribution < 1.29 is 28.6 Å². The highest BCUT2D eigenvalue weighted by atomic mass is 19.1. The van der Waals surface area contributed by atoms with Gasteiger partial charge in [0.1, 0.15) is 11.9 Å². The van der Waals surface area contributed by atoms with Gasteiger partial charge < -0.3 is 24.5 Å². The van der Waals surface area contributed by atoms with Crippen LogP contribution in [-0.4, -0.2) is 82.8 Å². The number of imidazole rings is 1. The SMILES string of the molecule is COC(=O)C1=C(CN2CCOCC2C(=O)O)NC(c2nccn2C)=NC1C.Fc1ccccc1. The molecule has 11 heteroatoms. The molecule has 34 heavy (non-hydrogen) atoms. The van der Waals surface area contributed by atoms with Crippen LogP contribution in [0.3, 0.4) is 0 Å². The lowest BCUT2D eigenvalue weighted by molar-refractivity contribution is -0.149. The van der Waals surface area contributed by atoms with Crippen molar-refractivity contribution in [1.82, 2.24) is 19.8 Å². The summed E-state index contributed by atoms with van der Waals surface area (Å²) in [4.78, 5) is 34.5. The third-order valence-corrected chi connectivity index (χ3v) is 5.39. The number of carboxylic acid groups (broad SMARTS) is 1. The largest absolute Gasteiger partial charge is 0.480 e. The van der Waals surface area contributed by atoms with Crippen LogP contribution in [0, 0.1) is 5.82 Å². The minimum absolute atomic E-state index is 0.103. The minimum atomic E-state index is -0.961. The molecule has 0 aliphatic carbocycles. The molecule has 182 valence electrons. The highest BCUT2D eigenvalue weighted by Gasteiger charge is 2.34. The summed E-state index contributed by atoms with van der Waals surface area (Å²) >= 11 is 0. The number of nitrogens with zero attached hydrogens (tertiary/aromatic N) is 4. The quantitative estimate of drug-likeness (QED) is 0.622. The van der Waals surface area contributed by atoms with Crippen LogP contribution in [0.25, 0.3) is 0 Å². The third kappa shape index (κ3) is 6.06. The molecular weight excluding hydrogens is 445 g/mol. The van der Waals surface area contributed by atoms with Gasteiger partial charge in [0.05, 0.1) is 31.9 Å². The number of carboxylic acids is 1. The Hall–Kier alpha value is -3.57. The van der Waals surface area contributed by atoms with Crippen LogP contribution in [0.5, 0.6) is 0 Å². The summed E-state index contributed by atoms with van der Waals surface area (Å²) in [7, 11) is 3.16. The van der Waals surface area contributed by atoms with Crippen molar-refractivity contribution in [3.8, 4) is 0 Å². The Morgan fingerprint density at radius 1 is 1.32 bits per heavy atom. The van der Waals surface area contributed by atoms with Crippen molar-refractivity contribution in [1.29, 1.82) is 0 Å². The number of methoxy groups -OCH3 is 1. The fraction of sp³-hybridized carbons (Fsp3) is 0.391. The third-order valence-electron chi connectivity index (χ3n) is 5.39. The summed E-state index contributed by atoms with van der Waals surface area (Å²) in [5.74, 6) is -0.482. The molecule has 0 bridgehead atoms. The Balaban J connectivity index is 0.000000396. The first-order valence-electron chi connectivity index (χ1n) is 10.7. The molecule has 1 aromatic carbocycles. The molecule has 0 saturated carbocycles. The second-order valence-electron chi connectivity index (χ2n) is 7.72. The summed E-state index contributed by atoms with van der Waals surface area (Å²) in [5.41, 5.74) is 0.946. The number of hydrogen-bond acceptors (Lipinski definition) is 8. The van der Waals surface area contributed by atoms with Crippen molar-refractivity contribution in [3.63, 3.8) is 0 Å². The normalized spacial score (nSPS) is 20.5. The fourth-order valence-corrected chi connectivity index (χ4v) is 3.66. The topological polar surface area (TPSA) is 118 Å².